The predicted octanol–water partition coefficient (Wildman–Crippen LogP) is 0.407. The summed E-state index contributed by atoms with van der Waals surface area (Å²) in [6.45, 7) is 5.49. The zero-order valence-electron chi connectivity index (χ0n) is 12.9. The number of rotatable bonds is 6. The van der Waals surface area contributed by atoms with Crippen molar-refractivity contribution in [1.29, 1.82) is 0 Å². The Hall–Kier alpha value is -2.38. The number of anilines is 1. The van der Waals surface area contributed by atoms with Crippen LogP contribution in [-0.2, 0) is 4.79 Å². The highest BCUT2D eigenvalue weighted by molar-refractivity contribution is 5.79. The van der Waals surface area contributed by atoms with Crippen LogP contribution in [-0.4, -0.2) is 54.7 Å². The van der Waals surface area contributed by atoms with Gasteiger partial charge in [0.05, 0.1) is 14.2 Å². The maximum absolute atomic E-state index is 11.9. The number of hydrogen-bond acceptors (Lipinski definition) is 7. The molecule has 2 heterocycles. The summed E-state index contributed by atoms with van der Waals surface area (Å²) in [5, 5.41) is 2.84. The average molecular weight is 307 g/mol. The van der Waals surface area contributed by atoms with Crippen LogP contribution < -0.4 is 19.7 Å². The minimum atomic E-state index is 0.0156. The van der Waals surface area contributed by atoms with Crippen LogP contribution >= 0.6 is 0 Å². The molecule has 1 aromatic rings. The smallest absolute Gasteiger partial charge is 0.324 e. The van der Waals surface area contributed by atoms with E-state index in [0.29, 0.717) is 25.6 Å². The molecule has 0 aliphatic carbocycles. The van der Waals surface area contributed by atoms with Gasteiger partial charge in [-0.1, -0.05) is 6.08 Å². The van der Waals surface area contributed by atoms with E-state index in [1.807, 2.05) is 4.90 Å². The van der Waals surface area contributed by atoms with Crippen LogP contribution in [0.5, 0.6) is 12.0 Å². The summed E-state index contributed by atoms with van der Waals surface area (Å²) >= 11 is 0. The third kappa shape index (κ3) is 3.84. The van der Waals surface area contributed by atoms with Gasteiger partial charge in [0.2, 0.25) is 11.9 Å². The second kappa shape index (κ2) is 7.58. The lowest BCUT2D eigenvalue weighted by atomic mass is 9.96. The van der Waals surface area contributed by atoms with Gasteiger partial charge in [-0.3, -0.25) is 4.79 Å². The first kappa shape index (κ1) is 16.0. The molecule has 2 rings (SSSR count). The van der Waals surface area contributed by atoms with Crippen molar-refractivity contribution >= 4 is 11.9 Å². The van der Waals surface area contributed by atoms with E-state index < -0.39 is 0 Å². The topological polar surface area (TPSA) is 89.5 Å². The molecule has 0 bridgehead atoms. The molecule has 1 aromatic heterocycles. The second-order valence-electron chi connectivity index (χ2n) is 4.90. The number of hydrogen-bond donors (Lipinski definition) is 1. The van der Waals surface area contributed by atoms with E-state index >= 15 is 0 Å². The molecule has 120 valence electrons. The standard InChI is InChI=1S/C14H21N5O3/c1-4-7-15-11(20)10-5-8-19(9-6-10)12-16-13(21-2)18-14(17-12)22-3/h4,10H,1,5-9H2,2-3H3,(H,15,20). The molecular formula is C14H21N5O3. The quantitative estimate of drug-likeness (QED) is 0.761. The van der Waals surface area contributed by atoms with Crippen molar-refractivity contribution in [3.8, 4) is 12.0 Å². The maximum atomic E-state index is 11.9. The Kier molecular flexibility index (Phi) is 5.51. The van der Waals surface area contributed by atoms with Crippen LogP contribution in [0.15, 0.2) is 12.7 Å². The molecule has 8 nitrogen and oxygen atoms in total. The molecule has 1 aliphatic heterocycles. The number of nitrogens with zero attached hydrogens (tertiary/aromatic N) is 4. The van der Waals surface area contributed by atoms with Crippen LogP contribution in [0, 0.1) is 5.92 Å². The Morgan fingerprint density at radius 2 is 1.86 bits per heavy atom. The minimum Gasteiger partial charge on any atom is -0.467 e. The summed E-state index contributed by atoms with van der Waals surface area (Å²) in [6.07, 6.45) is 3.18. The third-order valence-electron chi connectivity index (χ3n) is 3.52. The fourth-order valence-corrected chi connectivity index (χ4v) is 2.31. The van der Waals surface area contributed by atoms with Gasteiger partial charge in [-0.2, -0.15) is 9.97 Å². The molecule has 0 radical (unpaired) electrons. The zero-order valence-corrected chi connectivity index (χ0v) is 12.9. The number of carbonyl (C=O) groups is 1. The summed E-state index contributed by atoms with van der Waals surface area (Å²) in [6, 6.07) is 0.431. The van der Waals surface area contributed by atoms with Crippen molar-refractivity contribution in [1.82, 2.24) is 20.3 Å². The van der Waals surface area contributed by atoms with Crippen LogP contribution in [0.2, 0.25) is 0 Å². The lowest BCUT2D eigenvalue weighted by molar-refractivity contribution is -0.125. The van der Waals surface area contributed by atoms with Crippen molar-refractivity contribution in [3.63, 3.8) is 0 Å². The predicted molar refractivity (Wildman–Crippen MR) is 81.1 cm³/mol. The van der Waals surface area contributed by atoms with Crippen molar-refractivity contribution < 1.29 is 14.3 Å². The summed E-state index contributed by atoms with van der Waals surface area (Å²) in [5.41, 5.74) is 0. The normalized spacial score (nSPS) is 15.3. The molecule has 1 N–H and O–H groups in total. The highest BCUT2D eigenvalue weighted by Gasteiger charge is 2.26. The Balaban J connectivity index is 1.99. The molecule has 22 heavy (non-hydrogen) atoms. The Labute approximate surface area is 129 Å². The highest BCUT2D eigenvalue weighted by Crippen LogP contribution is 2.23. The highest BCUT2D eigenvalue weighted by atomic mass is 16.5. The molecular weight excluding hydrogens is 286 g/mol. The first-order valence-corrected chi connectivity index (χ1v) is 7.15. The Bertz CT molecular complexity index is 507. The van der Waals surface area contributed by atoms with E-state index in [-0.39, 0.29) is 23.8 Å². The van der Waals surface area contributed by atoms with Gasteiger partial charge in [-0.05, 0) is 12.8 Å². The number of nitrogens with one attached hydrogen (secondary N) is 1. The van der Waals surface area contributed by atoms with E-state index in [9.17, 15) is 4.79 Å². The summed E-state index contributed by atoms with van der Waals surface area (Å²) in [4.78, 5) is 26.4. The molecule has 1 saturated heterocycles. The largest absolute Gasteiger partial charge is 0.467 e. The number of aromatic nitrogens is 3. The molecule has 0 unspecified atom stereocenters. The summed E-state index contributed by atoms with van der Waals surface area (Å²) in [7, 11) is 2.99. The average Bonchev–Trinajstić information content (AvgIpc) is 2.59. The van der Waals surface area contributed by atoms with Crippen molar-refractivity contribution in [3.05, 3.63) is 12.7 Å². The van der Waals surface area contributed by atoms with Gasteiger partial charge >= 0.3 is 12.0 Å². The van der Waals surface area contributed by atoms with E-state index in [2.05, 4.69) is 26.8 Å². The van der Waals surface area contributed by atoms with Gasteiger partial charge < -0.3 is 19.7 Å². The van der Waals surface area contributed by atoms with E-state index in [1.165, 1.54) is 14.2 Å². The number of piperidine rings is 1. The lowest BCUT2D eigenvalue weighted by Gasteiger charge is -2.31. The lowest BCUT2D eigenvalue weighted by Crippen LogP contribution is -2.41. The van der Waals surface area contributed by atoms with Crippen LogP contribution in [0.3, 0.4) is 0 Å². The van der Waals surface area contributed by atoms with Crippen LogP contribution in [0.4, 0.5) is 5.95 Å². The fourth-order valence-electron chi connectivity index (χ4n) is 2.31. The number of amides is 1. The Morgan fingerprint density at radius 3 is 2.36 bits per heavy atom. The molecule has 1 amide bonds. The SMILES string of the molecule is C=CCNC(=O)C1CCN(c2nc(OC)nc(OC)n2)CC1. The summed E-state index contributed by atoms with van der Waals surface area (Å²) < 4.78 is 10.1. The maximum Gasteiger partial charge on any atom is 0.324 e. The molecule has 0 spiro atoms. The molecule has 8 heteroatoms. The second-order valence-corrected chi connectivity index (χ2v) is 4.90. The fraction of sp³-hybridized carbons (Fsp3) is 0.571. The van der Waals surface area contributed by atoms with Crippen molar-refractivity contribution in [2.45, 2.75) is 12.8 Å². The van der Waals surface area contributed by atoms with Crippen LogP contribution in [0.25, 0.3) is 0 Å². The van der Waals surface area contributed by atoms with Crippen LogP contribution in [0.1, 0.15) is 12.8 Å². The molecule has 0 atom stereocenters. The van der Waals surface area contributed by atoms with Gasteiger partial charge in [-0.15, -0.1) is 11.6 Å². The first-order valence-electron chi connectivity index (χ1n) is 7.15. The van der Waals surface area contributed by atoms with Gasteiger partial charge in [0, 0.05) is 25.6 Å². The van der Waals surface area contributed by atoms with Crippen molar-refractivity contribution in [2.24, 2.45) is 5.92 Å². The summed E-state index contributed by atoms with van der Waals surface area (Å²) in [5.74, 6) is 0.598. The molecule has 0 aromatic carbocycles. The molecule has 1 fully saturated rings. The molecule has 0 saturated carbocycles. The number of carbonyl (C=O) groups excluding carboxylic acids is 1. The van der Waals surface area contributed by atoms with Gasteiger partial charge in [-0.25, -0.2) is 0 Å². The third-order valence-corrected chi connectivity index (χ3v) is 3.52. The monoisotopic (exact) mass is 307 g/mol. The van der Waals surface area contributed by atoms with Gasteiger partial charge in [0.15, 0.2) is 0 Å². The first-order chi connectivity index (χ1) is 10.7. The van der Waals surface area contributed by atoms with Crippen molar-refractivity contribution in [2.75, 3.05) is 38.8 Å². The number of methoxy groups -OCH3 is 2. The van der Waals surface area contributed by atoms with E-state index in [1.54, 1.807) is 6.08 Å². The van der Waals surface area contributed by atoms with E-state index in [0.717, 1.165) is 12.8 Å². The Morgan fingerprint density at radius 1 is 1.27 bits per heavy atom. The number of ether oxygens (including phenoxy) is 2. The zero-order chi connectivity index (χ0) is 15.9. The minimum absolute atomic E-state index is 0.0156. The van der Waals surface area contributed by atoms with Gasteiger partial charge in [0.1, 0.15) is 0 Å². The van der Waals surface area contributed by atoms with E-state index in [4.69, 9.17) is 9.47 Å². The van der Waals surface area contributed by atoms with Gasteiger partial charge in [0.25, 0.3) is 0 Å². The molecule has 1 aliphatic rings.